The van der Waals surface area contributed by atoms with Crippen LogP contribution in [0.3, 0.4) is 0 Å². The van der Waals surface area contributed by atoms with Crippen LogP contribution in [0.1, 0.15) is 36.2 Å². The van der Waals surface area contributed by atoms with E-state index in [1.165, 1.54) is 4.90 Å². The Morgan fingerprint density at radius 3 is 2.45 bits per heavy atom. The van der Waals surface area contributed by atoms with Gasteiger partial charge in [0.1, 0.15) is 0 Å². The highest BCUT2D eigenvalue weighted by Gasteiger charge is 2.28. The summed E-state index contributed by atoms with van der Waals surface area (Å²) >= 11 is 0. The number of rotatable bonds is 11. The van der Waals surface area contributed by atoms with Crippen molar-refractivity contribution in [1.82, 2.24) is 4.90 Å². The lowest BCUT2D eigenvalue weighted by Crippen LogP contribution is -2.44. The van der Waals surface area contributed by atoms with Crippen molar-refractivity contribution in [3.63, 3.8) is 0 Å². The first-order chi connectivity index (χ1) is 13.9. The molecule has 0 aliphatic carbocycles. The summed E-state index contributed by atoms with van der Waals surface area (Å²) in [5.41, 5.74) is 1.03. The maximum atomic E-state index is 12.9. The Kier molecular flexibility index (Phi) is 7.88. The average molecular weight is 398 g/mol. The van der Waals surface area contributed by atoms with Gasteiger partial charge in [-0.15, -0.1) is 0 Å². The van der Waals surface area contributed by atoms with Crippen LogP contribution in [0, 0.1) is 23.0 Å². The minimum absolute atomic E-state index is 0.0564. The van der Waals surface area contributed by atoms with Gasteiger partial charge in [-0.05, 0) is 25.3 Å². The van der Waals surface area contributed by atoms with Crippen molar-refractivity contribution in [2.24, 2.45) is 5.92 Å². The molecule has 0 spiro atoms. The SMILES string of the molecule is Cc1cccc(OCCCN(C=O)C(C(=O)c2ccccc2)C(C)C)c1[N+](=O)[O-]. The lowest BCUT2D eigenvalue weighted by atomic mass is 9.93. The summed E-state index contributed by atoms with van der Waals surface area (Å²) < 4.78 is 5.59. The van der Waals surface area contributed by atoms with Crippen LogP contribution in [0.25, 0.3) is 0 Å². The van der Waals surface area contributed by atoms with Gasteiger partial charge in [-0.25, -0.2) is 0 Å². The molecule has 0 N–H and O–H groups in total. The fourth-order valence-corrected chi connectivity index (χ4v) is 3.28. The van der Waals surface area contributed by atoms with E-state index in [1.54, 1.807) is 49.4 Å². The molecule has 2 aromatic rings. The molecule has 7 heteroatoms. The van der Waals surface area contributed by atoms with Gasteiger partial charge in [-0.3, -0.25) is 19.7 Å². The minimum Gasteiger partial charge on any atom is -0.487 e. The fourth-order valence-electron chi connectivity index (χ4n) is 3.28. The van der Waals surface area contributed by atoms with E-state index in [1.807, 2.05) is 19.9 Å². The number of amides is 1. The van der Waals surface area contributed by atoms with E-state index >= 15 is 0 Å². The molecule has 2 aromatic carbocycles. The van der Waals surface area contributed by atoms with Crippen molar-refractivity contribution in [3.8, 4) is 5.75 Å². The van der Waals surface area contributed by atoms with Crippen molar-refractivity contribution >= 4 is 17.9 Å². The number of hydrogen-bond donors (Lipinski definition) is 0. The first-order valence-electron chi connectivity index (χ1n) is 9.54. The lowest BCUT2D eigenvalue weighted by Gasteiger charge is -2.30. The first-order valence-corrected chi connectivity index (χ1v) is 9.54. The van der Waals surface area contributed by atoms with Crippen molar-refractivity contribution < 1.29 is 19.2 Å². The Bertz CT molecular complexity index is 852. The molecular formula is C22H26N2O5. The number of benzene rings is 2. The Labute approximate surface area is 170 Å². The van der Waals surface area contributed by atoms with E-state index in [4.69, 9.17) is 4.74 Å². The normalized spacial score (nSPS) is 11.7. The fraction of sp³-hybridized carbons (Fsp3) is 0.364. The number of aryl methyl sites for hydroxylation is 1. The van der Waals surface area contributed by atoms with Gasteiger partial charge in [0.05, 0.1) is 17.6 Å². The van der Waals surface area contributed by atoms with Crippen LogP contribution in [-0.4, -0.2) is 41.2 Å². The molecule has 0 aliphatic rings. The second-order valence-electron chi connectivity index (χ2n) is 7.14. The maximum absolute atomic E-state index is 12.9. The zero-order valence-corrected chi connectivity index (χ0v) is 16.9. The van der Waals surface area contributed by atoms with Crippen molar-refractivity contribution in [2.75, 3.05) is 13.2 Å². The number of carbonyl (C=O) groups excluding carboxylic acids is 2. The number of para-hydroxylation sites is 1. The second kappa shape index (κ2) is 10.4. The minimum atomic E-state index is -0.580. The molecule has 7 nitrogen and oxygen atoms in total. The summed E-state index contributed by atoms with van der Waals surface area (Å²) in [6, 6.07) is 13.2. The molecule has 1 atom stereocenters. The molecular weight excluding hydrogens is 372 g/mol. The van der Waals surface area contributed by atoms with Crippen LogP contribution in [-0.2, 0) is 4.79 Å². The monoisotopic (exact) mass is 398 g/mol. The maximum Gasteiger partial charge on any atom is 0.313 e. The summed E-state index contributed by atoms with van der Waals surface area (Å²) in [6.45, 7) is 5.95. The highest BCUT2D eigenvalue weighted by molar-refractivity contribution is 6.01. The number of nitrogens with zero attached hydrogens (tertiary/aromatic N) is 2. The topological polar surface area (TPSA) is 89.8 Å². The summed E-state index contributed by atoms with van der Waals surface area (Å²) in [4.78, 5) is 36.8. The number of carbonyl (C=O) groups is 2. The van der Waals surface area contributed by atoms with Crippen molar-refractivity contribution in [2.45, 2.75) is 33.2 Å². The number of ketones is 1. The molecule has 2 rings (SSSR count). The highest BCUT2D eigenvalue weighted by Crippen LogP contribution is 2.30. The number of Topliss-reactive ketones (excluding diaryl/α,β-unsaturated/α-hetero) is 1. The lowest BCUT2D eigenvalue weighted by molar-refractivity contribution is -0.386. The molecule has 0 radical (unpaired) electrons. The number of nitro groups is 1. The number of ether oxygens (including phenoxy) is 1. The van der Waals surface area contributed by atoms with Gasteiger partial charge in [-0.2, -0.15) is 0 Å². The molecule has 1 unspecified atom stereocenters. The zero-order valence-electron chi connectivity index (χ0n) is 16.9. The van der Waals surface area contributed by atoms with E-state index < -0.39 is 11.0 Å². The van der Waals surface area contributed by atoms with Gasteiger partial charge in [0.25, 0.3) is 0 Å². The molecule has 0 bridgehead atoms. The second-order valence-corrected chi connectivity index (χ2v) is 7.14. The molecule has 0 aliphatic heterocycles. The molecule has 0 heterocycles. The van der Waals surface area contributed by atoms with Gasteiger partial charge in [0, 0.05) is 17.7 Å². The molecule has 29 heavy (non-hydrogen) atoms. The summed E-state index contributed by atoms with van der Waals surface area (Å²) in [5, 5.41) is 11.2. The van der Waals surface area contributed by atoms with Gasteiger partial charge in [0.15, 0.2) is 11.5 Å². The van der Waals surface area contributed by atoms with Crippen molar-refractivity contribution in [3.05, 3.63) is 69.8 Å². The third-order valence-corrected chi connectivity index (χ3v) is 4.65. The average Bonchev–Trinajstić information content (AvgIpc) is 2.70. The Balaban J connectivity index is 2.02. The Hall–Kier alpha value is -3.22. The molecule has 0 saturated carbocycles. The highest BCUT2D eigenvalue weighted by atomic mass is 16.6. The van der Waals surface area contributed by atoms with Gasteiger partial charge in [0.2, 0.25) is 6.41 Å². The van der Waals surface area contributed by atoms with Gasteiger partial charge < -0.3 is 9.64 Å². The molecule has 1 amide bonds. The first kappa shape index (κ1) is 22.1. The summed E-state index contributed by atoms with van der Waals surface area (Å²) in [6.07, 6.45) is 1.12. The van der Waals surface area contributed by atoms with Crippen molar-refractivity contribution in [1.29, 1.82) is 0 Å². The third kappa shape index (κ3) is 5.63. The van der Waals surface area contributed by atoms with E-state index in [0.717, 1.165) is 0 Å². The van der Waals surface area contributed by atoms with Crippen LogP contribution in [0.15, 0.2) is 48.5 Å². The van der Waals surface area contributed by atoms with E-state index in [-0.39, 0.29) is 29.7 Å². The Morgan fingerprint density at radius 1 is 1.17 bits per heavy atom. The smallest absolute Gasteiger partial charge is 0.313 e. The van der Waals surface area contributed by atoms with Crippen LogP contribution < -0.4 is 4.74 Å². The van der Waals surface area contributed by atoms with E-state index in [0.29, 0.717) is 30.5 Å². The van der Waals surface area contributed by atoms with E-state index in [2.05, 4.69) is 0 Å². The zero-order chi connectivity index (χ0) is 21.4. The van der Waals surface area contributed by atoms with E-state index in [9.17, 15) is 19.7 Å². The molecule has 0 fully saturated rings. The predicted molar refractivity (Wildman–Crippen MR) is 110 cm³/mol. The molecule has 0 aromatic heterocycles. The molecule has 0 saturated heterocycles. The summed E-state index contributed by atoms with van der Waals surface area (Å²) in [7, 11) is 0. The predicted octanol–water partition coefficient (Wildman–Crippen LogP) is 4.04. The summed E-state index contributed by atoms with van der Waals surface area (Å²) in [5.74, 6) is 0.0306. The number of hydrogen-bond acceptors (Lipinski definition) is 5. The molecule has 154 valence electrons. The Morgan fingerprint density at radius 2 is 1.86 bits per heavy atom. The largest absolute Gasteiger partial charge is 0.487 e. The van der Waals surface area contributed by atoms with Crippen LogP contribution >= 0.6 is 0 Å². The third-order valence-electron chi connectivity index (χ3n) is 4.65. The van der Waals surface area contributed by atoms with Gasteiger partial charge in [-0.1, -0.05) is 56.3 Å². The van der Waals surface area contributed by atoms with Crippen LogP contribution in [0.5, 0.6) is 5.75 Å². The van der Waals surface area contributed by atoms with Crippen LogP contribution in [0.2, 0.25) is 0 Å². The number of nitro benzene ring substituents is 1. The van der Waals surface area contributed by atoms with Gasteiger partial charge >= 0.3 is 5.69 Å². The standard InChI is InChI=1S/C22H26N2O5/c1-16(2)20(22(26)18-10-5-4-6-11-18)23(15-25)13-8-14-29-19-12-7-9-17(3)21(19)24(27)28/h4-7,9-12,15-16,20H,8,13-14H2,1-3H3. The quantitative estimate of drug-likeness (QED) is 0.187. The van der Waals surface area contributed by atoms with Crippen LogP contribution in [0.4, 0.5) is 5.69 Å².